The summed E-state index contributed by atoms with van der Waals surface area (Å²) in [4.78, 5) is 98.6. The lowest BCUT2D eigenvalue weighted by atomic mass is 9.91. The van der Waals surface area contributed by atoms with Crippen LogP contribution in [0.15, 0.2) is 60.8 Å². The summed E-state index contributed by atoms with van der Waals surface area (Å²) in [5.41, 5.74) is 2.40. The molecule has 0 radical (unpaired) electrons. The molecule has 8 N–H and O–H groups in total. The number of aromatic amines is 1. The van der Waals surface area contributed by atoms with Crippen molar-refractivity contribution in [3.05, 3.63) is 71.9 Å². The largest absolute Gasteiger partial charge is 0.361 e. The van der Waals surface area contributed by atoms with Gasteiger partial charge in [0.25, 0.3) is 0 Å². The molecule has 57 heavy (non-hydrogen) atoms. The summed E-state index contributed by atoms with van der Waals surface area (Å²) in [6.07, 6.45) is 2.35. The standard InChI is InChI=1S/C42H58N8O7/c1-23(2)20-32-40(55)46-27(7)37(52)47-33(21-29-22-44-31-17-12-11-16-30(29)31)39(54)43-19-13-18-34(51)45-26(6)38(53)49-35(24(3)4)41(56)50-36(42(57)48-32)25(5)28-14-9-8-10-15-28/h8-12,14-17,22-27,32-33,35-36,44H,13,18-21H2,1-7H3,(H,43,54)(H,45,51)(H,46,55)(H,47,52)(H,48,57)(H,49,53)(H,50,56). The zero-order chi connectivity index (χ0) is 41.8. The first-order chi connectivity index (χ1) is 27.0. The third-order valence-electron chi connectivity index (χ3n) is 10.1. The Balaban J connectivity index is 1.66. The van der Waals surface area contributed by atoms with E-state index in [1.54, 1.807) is 27.0 Å². The average Bonchev–Trinajstić information content (AvgIpc) is 3.58. The number of hydrogen-bond acceptors (Lipinski definition) is 7. The van der Waals surface area contributed by atoms with Crippen LogP contribution in [0.1, 0.15) is 84.8 Å². The topological polar surface area (TPSA) is 219 Å². The summed E-state index contributed by atoms with van der Waals surface area (Å²) in [6.45, 7) is 12.1. The van der Waals surface area contributed by atoms with Crippen LogP contribution in [0.3, 0.4) is 0 Å². The van der Waals surface area contributed by atoms with E-state index >= 15 is 0 Å². The molecule has 7 atom stereocenters. The van der Waals surface area contributed by atoms with Crippen LogP contribution in [0.4, 0.5) is 0 Å². The number of hydrogen-bond donors (Lipinski definition) is 8. The van der Waals surface area contributed by atoms with E-state index in [1.807, 2.05) is 68.4 Å². The van der Waals surface area contributed by atoms with E-state index in [2.05, 4.69) is 42.2 Å². The molecule has 0 saturated carbocycles. The van der Waals surface area contributed by atoms with Crippen molar-refractivity contribution >= 4 is 52.3 Å². The highest BCUT2D eigenvalue weighted by molar-refractivity contribution is 5.97. The number of H-pyrrole nitrogens is 1. The van der Waals surface area contributed by atoms with Gasteiger partial charge in [-0.2, -0.15) is 0 Å². The second-order valence-corrected chi connectivity index (χ2v) is 15.6. The first kappa shape index (κ1) is 44.0. The molecule has 0 spiro atoms. The van der Waals surface area contributed by atoms with Gasteiger partial charge in [0.1, 0.15) is 36.3 Å². The highest BCUT2D eigenvalue weighted by Gasteiger charge is 2.36. The van der Waals surface area contributed by atoms with Gasteiger partial charge < -0.3 is 42.2 Å². The Kier molecular flexibility index (Phi) is 15.8. The molecule has 308 valence electrons. The van der Waals surface area contributed by atoms with Crippen molar-refractivity contribution in [2.24, 2.45) is 11.8 Å². The van der Waals surface area contributed by atoms with Crippen molar-refractivity contribution in [2.75, 3.05) is 6.54 Å². The van der Waals surface area contributed by atoms with Gasteiger partial charge in [0.2, 0.25) is 41.4 Å². The number of para-hydroxylation sites is 1. The lowest BCUT2D eigenvalue weighted by Crippen LogP contribution is -2.61. The van der Waals surface area contributed by atoms with E-state index in [0.29, 0.717) is 0 Å². The van der Waals surface area contributed by atoms with Crippen LogP contribution in [0.25, 0.3) is 10.9 Å². The monoisotopic (exact) mass is 786 g/mol. The number of benzene rings is 2. The van der Waals surface area contributed by atoms with E-state index < -0.39 is 89.4 Å². The Bertz CT molecular complexity index is 1890. The van der Waals surface area contributed by atoms with E-state index in [1.165, 1.54) is 13.8 Å². The SMILES string of the molecule is CC(C)CC1NC(=O)C(C(C)c2ccccc2)NC(=O)C(C(C)C)NC(=O)C(C)NC(=O)CCCNC(=O)C(Cc2c[nH]c3ccccc23)NC(=O)C(C)NC1=O. The summed E-state index contributed by atoms with van der Waals surface area (Å²) in [5.74, 6) is -5.05. The molecule has 15 heteroatoms. The van der Waals surface area contributed by atoms with Gasteiger partial charge >= 0.3 is 0 Å². The fraction of sp³-hybridized carbons (Fsp3) is 0.500. The predicted octanol–water partition coefficient (Wildman–Crippen LogP) is 2.07. The predicted molar refractivity (Wildman–Crippen MR) is 216 cm³/mol. The molecule has 1 aromatic heterocycles. The van der Waals surface area contributed by atoms with Gasteiger partial charge in [-0.1, -0.05) is 83.1 Å². The van der Waals surface area contributed by atoms with Gasteiger partial charge in [-0.25, -0.2) is 0 Å². The lowest BCUT2D eigenvalue weighted by Gasteiger charge is -2.31. The molecule has 7 amide bonds. The van der Waals surface area contributed by atoms with E-state index in [9.17, 15) is 33.6 Å². The average molecular weight is 787 g/mol. The molecule has 2 heterocycles. The first-order valence-corrected chi connectivity index (χ1v) is 19.7. The molecular formula is C42H58N8O7. The minimum absolute atomic E-state index is 0.0136. The van der Waals surface area contributed by atoms with Crippen molar-refractivity contribution in [1.29, 1.82) is 0 Å². The number of amides is 7. The Morgan fingerprint density at radius 1 is 0.614 bits per heavy atom. The van der Waals surface area contributed by atoms with Crippen molar-refractivity contribution in [3.8, 4) is 0 Å². The van der Waals surface area contributed by atoms with Gasteiger partial charge in [-0.15, -0.1) is 0 Å². The molecule has 4 rings (SSSR count). The fourth-order valence-corrected chi connectivity index (χ4v) is 6.76. The Hall–Kier alpha value is -5.73. The molecule has 0 aliphatic carbocycles. The summed E-state index contributed by atoms with van der Waals surface area (Å²) in [6, 6.07) is 10.2. The van der Waals surface area contributed by atoms with Crippen LogP contribution in [0.2, 0.25) is 0 Å². The zero-order valence-corrected chi connectivity index (χ0v) is 33.9. The Labute approximate surface area is 334 Å². The summed E-state index contributed by atoms with van der Waals surface area (Å²) >= 11 is 0. The molecule has 1 aliphatic heterocycles. The molecule has 1 aliphatic rings. The van der Waals surface area contributed by atoms with Gasteiger partial charge in [-0.3, -0.25) is 33.6 Å². The van der Waals surface area contributed by atoms with Gasteiger partial charge in [0.15, 0.2) is 0 Å². The maximum Gasteiger partial charge on any atom is 0.243 e. The van der Waals surface area contributed by atoms with E-state index in [-0.39, 0.29) is 38.1 Å². The molecule has 7 unspecified atom stereocenters. The van der Waals surface area contributed by atoms with Crippen LogP contribution >= 0.6 is 0 Å². The minimum Gasteiger partial charge on any atom is -0.361 e. The molecule has 15 nitrogen and oxygen atoms in total. The minimum atomic E-state index is -1.18. The zero-order valence-electron chi connectivity index (χ0n) is 33.9. The third-order valence-corrected chi connectivity index (χ3v) is 10.1. The number of aromatic nitrogens is 1. The van der Waals surface area contributed by atoms with Crippen LogP contribution in [0, 0.1) is 11.8 Å². The lowest BCUT2D eigenvalue weighted by molar-refractivity contribution is -0.136. The van der Waals surface area contributed by atoms with Crippen molar-refractivity contribution < 1.29 is 33.6 Å². The van der Waals surface area contributed by atoms with Crippen LogP contribution in [0.5, 0.6) is 0 Å². The van der Waals surface area contributed by atoms with Crippen molar-refractivity contribution in [2.45, 2.75) is 116 Å². The quantitative estimate of drug-likeness (QED) is 0.178. The number of rotatable bonds is 7. The molecular weight excluding hydrogens is 729 g/mol. The second-order valence-electron chi connectivity index (χ2n) is 15.6. The summed E-state index contributed by atoms with van der Waals surface area (Å²) < 4.78 is 0. The van der Waals surface area contributed by atoms with Gasteiger partial charge in [0, 0.05) is 42.4 Å². The van der Waals surface area contributed by atoms with Crippen molar-refractivity contribution in [1.82, 2.24) is 42.2 Å². The molecule has 3 aromatic rings. The highest BCUT2D eigenvalue weighted by atomic mass is 16.2. The fourth-order valence-electron chi connectivity index (χ4n) is 6.76. The van der Waals surface area contributed by atoms with Crippen molar-refractivity contribution in [3.63, 3.8) is 0 Å². The Morgan fingerprint density at radius 3 is 1.89 bits per heavy atom. The normalized spacial score (nSPS) is 24.8. The van der Waals surface area contributed by atoms with Crippen LogP contribution < -0.4 is 37.2 Å². The maximum absolute atomic E-state index is 14.2. The molecule has 2 aromatic carbocycles. The van der Waals surface area contributed by atoms with Gasteiger partial charge in [-0.05, 0) is 55.7 Å². The summed E-state index contributed by atoms with van der Waals surface area (Å²) in [7, 11) is 0. The smallest absolute Gasteiger partial charge is 0.243 e. The third kappa shape index (κ3) is 12.4. The first-order valence-electron chi connectivity index (χ1n) is 19.7. The maximum atomic E-state index is 14.2. The summed E-state index contributed by atoms with van der Waals surface area (Å²) in [5, 5.41) is 20.2. The number of carbonyl (C=O) groups excluding carboxylic acids is 7. The molecule has 1 fully saturated rings. The van der Waals surface area contributed by atoms with E-state index in [0.717, 1.165) is 22.0 Å². The van der Waals surface area contributed by atoms with Crippen LogP contribution in [-0.2, 0) is 40.0 Å². The number of carbonyl (C=O) groups is 7. The van der Waals surface area contributed by atoms with Crippen LogP contribution in [-0.4, -0.2) is 89.1 Å². The second kappa shape index (κ2) is 20.4. The van der Waals surface area contributed by atoms with Gasteiger partial charge in [0.05, 0.1) is 0 Å². The number of fused-ring (bicyclic) bond motifs is 1. The number of nitrogens with one attached hydrogen (secondary N) is 8. The highest BCUT2D eigenvalue weighted by Crippen LogP contribution is 2.22. The van der Waals surface area contributed by atoms with E-state index in [4.69, 9.17) is 0 Å². The Morgan fingerprint density at radius 2 is 1.21 bits per heavy atom. The molecule has 0 bridgehead atoms. The molecule has 1 saturated heterocycles.